The first-order valence-corrected chi connectivity index (χ1v) is 6.48. The molecule has 4 nitrogen and oxygen atoms in total. The summed E-state index contributed by atoms with van der Waals surface area (Å²) in [5, 5.41) is 6.23. The topological polar surface area (TPSA) is 44.4 Å². The molecule has 0 bridgehead atoms. The predicted molar refractivity (Wildman–Crippen MR) is 75.0 cm³/mol. The predicted octanol–water partition coefficient (Wildman–Crippen LogP) is 1.83. The Labute approximate surface area is 108 Å². The number of carbonyl (C=O) groups is 1. The summed E-state index contributed by atoms with van der Waals surface area (Å²) < 4.78 is 0. The van der Waals surface area contributed by atoms with Crippen LogP contribution in [-0.4, -0.2) is 32.6 Å². The van der Waals surface area contributed by atoms with Gasteiger partial charge in [0.2, 0.25) is 5.91 Å². The Hall–Kier alpha value is -1.55. The normalized spacial score (nSPS) is 19.3. The van der Waals surface area contributed by atoms with Crippen molar-refractivity contribution < 1.29 is 4.79 Å². The number of rotatable bonds is 3. The molecule has 4 heteroatoms. The van der Waals surface area contributed by atoms with Gasteiger partial charge in [-0.3, -0.25) is 4.79 Å². The molecule has 1 fully saturated rings. The first-order valence-electron chi connectivity index (χ1n) is 6.48. The third kappa shape index (κ3) is 3.23. The average molecular weight is 247 g/mol. The summed E-state index contributed by atoms with van der Waals surface area (Å²) in [5.41, 5.74) is 1.95. The van der Waals surface area contributed by atoms with E-state index in [1.54, 1.807) is 0 Å². The fourth-order valence-electron chi connectivity index (χ4n) is 2.17. The number of hydrogen-bond acceptors (Lipinski definition) is 3. The van der Waals surface area contributed by atoms with Gasteiger partial charge in [-0.2, -0.15) is 0 Å². The Kier molecular flexibility index (Phi) is 4.20. The van der Waals surface area contributed by atoms with E-state index in [1.807, 2.05) is 43.3 Å². The van der Waals surface area contributed by atoms with E-state index in [-0.39, 0.29) is 11.9 Å². The lowest BCUT2D eigenvalue weighted by Gasteiger charge is -2.22. The zero-order valence-corrected chi connectivity index (χ0v) is 11.1. The van der Waals surface area contributed by atoms with Gasteiger partial charge in [-0.15, -0.1) is 0 Å². The van der Waals surface area contributed by atoms with Gasteiger partial charge >= 0.3 is 0 Å². The molecular weight excluding hydrogens is 226 g/mol. The number of benzene rings is 1. The van der Waals surface area contributed by atoms with Crippen LogP contribution in [0.3, 0.4) is 0 Å². The lowest BCUT2D eigenvalue weighted by molar-refractivity contribution is -0.118. The van der Waals surface area contributed by atoms with Crippen LogP contribution in [-0.2, 0) is 4.79 Å². The molecule has 2 rings (SSSR count). The maximum absolute atomic E-state index is 12.1. The van der Waals surface area contributed by atoms with Gasteiger partial charge in [-0.1, -0.05) is 12.5 Å². The first kappa shape index (κ1) is 12.9. The van der Waals surface area contributed by atoms with Crippen LogP contribution in [0.4, 0.5) is 11.4 Å². The zero-order valence-electron chi connectivity index (χ0n) is 11.1. The highest BCUT2D eigenvalue weighted by Gasteiger charge is 2.20. The highest BCUT2D eigenvalue weighted by Crippen LogP contribution is 2.18. The van der Waals surface area contributed by atoms with E-state index < -0.39 is 0 Å². The fraction of sp³-hybridized carbons (Fsp3) is 0.500. The second kappa shape index (κ2) is 5.87. The van der Waals surface area contributed by atoms with Crippen LogP contribution >= 0.6 is 0 Å². The van der Waals surface area contributed by atoms with Crippen molar-refractivity contribution in [3.8, 4) is 0 Å². The highest BCUT2D eigenvalue weighted by molar-refractivity contribution is 5.95. The summed E-state index contributed by atoms with van der Waals surface area (Å²) in [6.45, 7) is 0.940. The number of nitrogens with one attached hydrogen (secondary N) is 2. The van der Waals surface area contributed by atoms with E-state index in [0.29, 0.717) is 0 Å². The molecule has 0 aromatic heterocycles. The first-order chi connectivity index (χ1) is 8.66. The molecule has 1 aliphatic heterocycles. The Morgan fingerprint density at radius 1 is 1.39 bits per heavy atom. The monoisotopic (exact) mass is 247 g/mol. The van der Waals surface area contributed by atoms with Crippen LogP contribution in [0.25, 0.3) is 0 Å². The van der Waals surface area contributed by atoms with Crippen molar-refractivity contribution in [2.45, 2.75) is 25.3 Å². The minimum absolute atomic E-state index is 0.0400. The molecule has 0 unspecified atom stereocenters. The van der Waals surface area contributed by atoms with Gasteiger partial charge in [-0.25, -0.2) is 0 Å². The minimum Gasteiger partial charge on any atom is -0.378 e. The molecule has 1 heterocycles. The fourth-order valence-corrected chi connectivity index (χ4v) is 2.17. The molecular formula is C14H21N3O. The molecule has 0 saturated carbocycles. The van der Waals surface area contributed by atoms with Gasteiger partial charge in [0.25, 0.3) is 0 Å². The molecule has 2 N–H and O–H groups in total. The van der Waals surface area contributed by atoms with E-state index >= 15 is 0 Å². The maximum atomic E-state index is 12.1. The Morgan fingerprint density at radius 3 is 2.89 bits per heavy atom. The standard InChI is InChI=1S/C14H21N3O/c1-17(2)12-7-5-6-11(10-12)16-14(18)13-8-3-4-9-15-13/h5-7,10,13,15H,3-4,8-9H2,1-2H3,(H,16,18)/t13-/m0/s1. The summed E-state index contributed by atoms with van der Waals surface area (Å²) in [4.78, 5) is 14.1. The smallest absolute Gasteiger partial charge is 0.241 e. The third-order valence-electron chi connectivity index (χ3n) is 3.26. The van der Waals surface area contributed by atoms with Gasteiger partial charge in [0, 0.05) is 25.5 Å². The molecule has 1 saturated heterocycles. The summed E-state index contributed by atoms with van der Waals surface area (Å²) in [7, 11) is 3.98. The summed E-state index contributed by atoms with van der Waals surface area (Å²) >= 11 is 0. The maximum Gasteiger partial charge on any atom is 0.241 e. The largest absolute Gasteiger partial charge is 0.378 e. The molecule has 1 atom stereocenters. The van der Waals surface area contributed by atoms with E-state index in [0.717, 1.165) is 30.8 Å². The molecule has 0 radical (unpaired) electrons. The Morgan fingerprint density at radius 2 is 2.22 bits per heavy atom. The van der Waals surface area contributed by atoms with Gasteiger partial charge in [-0.05, 0) is 37.6 Å². The van der Waals surface area contributed by atoms with Gasteiger partial charge in [0.15, 0.2) is 0 Å². The molecule has 1 amide bonds. The minimum atomic E-state index is -0.0400. The number of nitrogens with zero attached hydrogens (tertiary/aromatic N) is 1. The molecule has 18 heavy (non-hydrogen) atoms. The van der Waals surface area contributed by atoms with Crippen LogP contribution < -0.4 is 15.5 Å². The lowest BCUT2D eigenvalue weighted by Crippen LogP contribution is -2.43. The summed E-state index contributed by atoms with van der Waals surface area (Å²) in [6.07, 6.45) is 3.22. The van der Waals surface area contributed by atoms with Crippen molar-refractivity contribution in [1.29, 1.82) is 0 Å². The van der Waals surface area contributed by atoms with Gasteiger partial charge < -0.3 is 15.5 Å². The second-order valence-electron chi connectivity index (χ2n) is 4.94. The zero-order chi connectivity index (χ0) is 13.0. The van der Waals surface area contributed by atoms with E-state index in [2.05, 4.69) is 10.6 Å². The molecule has 1 aromatic carbocycles. The Bertz CT molecular complexity index is 411. The summed E-state index contributed by atoms with van der Waals surface area (Å²) in [6, 6.07) is 7.85. The highest BCUT2D eigenvalue weighted by atomic mass is 16.2. The van der Waals surface area contributed by atoms with E-state index in [1.165, 1.54) is 6.42 Å². The van der Waals surface area contributed by atoms with Crippen molar-refractivity contribution in [2.24, 2.45) is 0 Å². The van der Waals surface area contributed by atoms with Crippen LogP contribution in [0.15, 0.2) is 24.3 Å². The van der Waals surface area contributed by atoms with Gasteiger partial charge in [0.1, 0.15) is 0 Å². The molecule has 1 aromatic rings. The quantitative estimate of drug-likeness (QED) is 0.856. The van der Waals surface area contributed by atoms with E-state index in [4.69, 9.17) is 0 Å². The molecule has 0 aliphatic carbocycles. The molecule has 0 spiro atoms. The number of piperidine rings is 1. The number of carbonyl (C=O) groups excluding carboxylic acids is 1. The van der Waals surface area contributed by atoms with Crippen molar-refractivity contribution >= 4 is 17.3 Å². The second-order valence-corrected chi connectivity index (χ2v) is 4.94. The van der Waals surface area contributed by atoms with Crippen molar-refractivity contribution in [2.75, 3.05) is 30.9 Å². The van der Waals surface area contributed by atoms with Crippen LogP contribution in [0.1, 0.15) is 19.3 Å². The molecule has 98 valence electrons. The van der Waals surface area contributed by atoms with Gasteiger partial charge in [0.05, 0.1) is 6.04 Å². The lowest BCUT2D eigenvalue weighted by atomic mass is 10.0. The van der Waals surface area contributed by atoms with Crippen molar-refractivity contribution in [3.63, 3.8) is 0 Å². The number of anilines is 2. The van der Waals surface area contributed by atoms with E-state index in [9.17, 15) is 4.79 Å². The van der Waals surface area contributed by atoms with Crippen molar-refractivity contribution in [1.82, 2.24) is 5.32 Å². The SMILES string of the molecule is CN(C)c1cccc(NC(=O)[C@@H]2CCCCN2)c1. The summed E-state index contributed by atoms with van der Waals surface area (Å²) in [5.74, 6) is 0.0746. The van der Waals surface area contributed by atoms with Crippen LogP contribution in [0, 0.1) is 0 Å². The average Bonchev–Trinajstić information content (AvgIpc) is 2.40. The number of hydrogen-bond donors (Lipinski definition) is 2. The van der Waals surface area contributed by atoms with Crippen LogP contribution in [0.2, 0.25) is 0 Å². The number of amides is 1. The Balaban J connectivity index is 1.99. The third-order valence-corrected chi connectivity index (χ3v) is 3.26. The van der Waals surface area contributed by atoms with Crippen molar-refractivity contribution in [3.05, 3.63) is 24.3 Å². The van der Waals surface area contributed by atoms with Crippen LogP contribution in [0.5, 0.6) is 0 Å². The molecule has 1 aliphatic rings.